The number of hydrogen-bond acceptors (Lipinski definition) is 0. The van der Waals surface area contributed by atoms with Gasteiger partial charge in [0.05, 0.1) is 0 Å². The molecule has 0 aromatic heterocycles. The minimum atomic E-state index is 0.438. The Labute approximate surface area is 146 Å². The van der Waals surface area contributed by atoms with Crippen LogP contribution in [0.2, 0.25) is 0 Å². The Hall–Kier alpha value is -2.08. The number of aryl methyl sites for hydroxylation is 2. The Morgan fingerprint density at radius 3 is 2.46 bits per heavy atom. The first-order valence-corrected chi connectivity index (χ1v) is 9.21. The van der Waals surface area contributed by atoms with Crippen molar-refractivity contribution in [2.75, 3.05) is 0 Å². The van der Waals surface area contributed by atoms with E-state index >= 15 is 0 Å². The molecular weight excluding hydrogens is 288 g/mol. The fraction of sp³-hybridized carbons (Fsp3) is 0.333. The molecule has 0 amide bonds. The summed E-state index contributed by atoms with van der Waals surface area (Å²) in [6, 6.07) is 15.8. The van der Waals surface area contributed by atoms with Gasteiger partial charge in [0.15, 0.2) is 0 Å². The number of rotatable bonds is 5. The molecule has 2 aromatic rings. The summed E-state index contributed by atoms with van der Waals surface area (Å²) in [5.41, 5.74) is 9.24. The van der Waals surface area contributed by atoms with E-state index in [2.05, 4.69) is 75.9 Å². The topological polar surface area (TPSA) is 0 Å². The van der Waals surface area contributed by atoms with E-state index in [-0.39, 0.29) is 0 Å². The third-order valence-electron chi connectivity index (χ3n) is 5.11. The summed E-state index contributed by atoms with van der Waals surface area (Å²) in [5, 5.41) is 0. The van der Waals surface area contributed by atoms with Gasteiger partial charge in [-0.3, -0.25) is 0 Å². The lowest BCUT2D eigenvalue weighted by Crippen LogP contribution is -2.06. The summed E-state index contributed by atoms with van der Waals surface area (Å²) in [6.45, 7) is 11.1. The first-order valence-electron chi connectivity index (χ1n) is 9.21. The Bertz CT molecular complexity index is 759. The maximum atomic E-state index is 4.41. The standard InChI is InChI=1S/C24H28/c1-5-6-7-8-20-11-14-22-19(4)24(15-18(3)23(22)16-20)21-12-9-17(2)10-13-21/h9-16,18H,4-8H2,1-3H3/t18-/m0/s1. The van der Waals surface area contributed by atoms with Crippen LogP contribution >= 0.6 is 0 Å². The van der Waals surface area contributed by atoms with Gasteiger partial charge in [-0.2, -0.15) is 0 Å². The van der Waals surface area contributed by atoms with Gasteiger partial charge in [0.2, 0.25) is 0 Å². The molecule has 2 aromatic carbocycles. The van der Waals surface area contributed by atoms with Crippen molar-refractivity contribution in [1.29, 1.82) is 0 Å². The summed E-state index contributed by atoms with van der Waals surface area (Å²) in [6.07, 6.45) is 7.45. The van der Waals surface area contributed by atoms with Crippen molar-refractivity contribution in [2.45, 2.75) is 52.4 Å². The Morgan fingerprint density at radius 1 is 1.00 bits per heavy atom. The molecule has 1 aliphatic rings. The Balaban J connectivity index is 1.90. The van der Waals surface area contributed by atoms with Crippen molar-refractivity contribution in [2.24, 2.45) is 0 Å². The predicted octanol–water partition coefficient (Wildman–Crippen LogP) is 6.94. The lowest BCUT2D eigenvalue weighted by atomic mass is 9.79. The number of hydrogen-bond donors (Lipinski definition) is 0. The first-order chi connectivity index (χ1) is 11.6. The van der Waals surface area contributed by atoms with Crippen molar-refractivity contribution in [1.82, 2.24) is 0 Å². The van der Waals surface area contributed by atoms with Crippen molar-refractivity contribution in [3.8, 4) is 0 Å². The zero-order valence-electron chi connectivity index (χ0n) is 15.2. The average Bonchev–Trinajstić information content (AvgIpc) is 2.59. The number of fused-ring (bicyclic) bond motifs is 1. The number of allylic oxidation sites excluding steroid dienone is 3. The van der Waals surface area contributed by atoms with Crippen LogP contribution in [0.25, 0.3) is 11.1 Å². The maximum absolute atomic E-state index is 4.41. The molecule has 0 spiro atoms. The van der Waals surface area contributed by atoms with Gasteiger partial charge in [-0.15, -0.1) is 0 Å². The summed E-state index contributed by atoms with van der Waals surface area (Å²) >= 11 is 0. The highest BCUT2D eigenvalue weighted by Crippen LogP contribution is 2.41. The second kappa shape index (κ2) is 7.21. The van der Waals surface area contributed by atoms with Crippen LogP contribution in [0.15, 0.2) is 55.1 Å². The van der Waals surface area contributed by atoms with Gasteiger partial charge in [0.1, 0.15) is 0 Å². The Morgan fingerprint density at radius 2 is 1.75 bits per heavy atom. The molecule has 1 atom stereocenters. The van der Waals surface area contributed by atoms with Crippen molar-refractivity contribution in [3.05, 3.63) is 82.9 Å². The molecule has 0 heteroatoms. The van der Waals surface area contributed by atoms with E-state index in [1.807, 2.05) is 0 Å². The molecule has 0 nitrogen and oxygen atoms in total. The monoisotopic (exact) mass is 316 g/mol. The minimum absolute atomic E-state index is 0.438. The van der Waals surface area contributed by atoms with Crippen LogP contribution in [0.1, 0.15) is 66.8 Å². The summed E-state index contributed by atoms with van der Waals surface area (Å²) in [5.74, 6) is 0.438. The van der Waals surface area contributed by atoms with Crippen LogP contribution in [0.4, 0.5) is 0 Å². The predicted molar refractivity (Wildman–Crippen MR) is 106 cm³/mol. The molecule has 0 fully saturated rings. The van der Waals surface area contributed by atoms with E-state index in [4.69, 9.17) is 0 Å². The van der Waals surface area contributed by atoms with E-state index in [0.29, 0.717) is 5.92 Å². The zero-order chi connectivity index (χ0) is 17.1. The lowest BCUT2D eigenvalue weighted by molar-refractivity contribution is 0.716. The molecular formula is C24H28. The number of benzene rings is 2. The van der Waals surface area contributed by atoms with Gasteiger partial charge in [-0.1, -0.05) is 87.4 Å². The molecule has 0 N–H and O–H groups in total. The van der Waals surface area contributed by atoms with Gasteiger partial charge < -0.3 is 0 Å². The van der Waals surface area contributed by atoms with Crippen LogP contribution in [0, 0.1) is 6.92 Å². The summed E-state index contributed by atoms with van der Waals surface area (Å²) < 4.78 is 0. The third kappa shape index (κ3) is 3.38. The van der Waals surface area contributed by atoms with Gasteiger partial charge in [-0.05, 0) is 53.2 Å². The fourth-order valence-electron chi connectivity index (χ4n) is 3.59. The fourth-order valence-corrected chi connectivity index (χ4v) is 3.59. The SMILES string of the molecule is C=C1C(c2ccc(C)cc2)=C[C@H](C)c2cc(CCCCC)ccc21. The van der Waals surface area contributed by atoms with Crippen LogP contribution in [-0.4, -0.2) is 0 Å². The third-order valence-corrected chi connectivity index (χ3v) is 5.11. The van der Waals surface area contributed by atoms with E-state index < -0.39 is 0 Å². The minimum Gasteiger partial charge on any atom is -0.0905 e. The first kappa shape index (κ1) is 16.8. The van der Waals surface area contributed by atoms with E-state index in [0.717, 1.165) is 5.57 Å². The highest BCUT2D eigenvalue weighted by Gasteiger charge is 2.21. The van der Waals surface area contributed by atoms with Crippen molar-refractivity contribution >= 4 is 11.1 Å². The van der Waals surface area contributed by atoms with Crippen molar-refractivity contribution < 1.29 is 0 Å². The molecule has 24 heavy (non-hydrogen) atoms. The quantitative estimate of drug-likeness (QED) is 0.524. The average molecular weight is 316 g/mol. The molecule has 1 aliphatic carbocycles. The largest absolute Gasteiger partial charge is 0.0905 e. The Kier molecular flexibility index (Phi) is 5.04. The van der Waals surface area contributed by atoms with Gasteiger partial charge in [0, 0.05) is 5.92 Å². The molecule has 0 radical (unpaired) electrons. The van der Waals surface area contributed by atoms with Crippen LogP contribution in [-0.2, 0) is 6.42 Å². The molecule has 0 heterocycles. The molecule has 0 aliphatic heterocycles. The smallest absolute Gasteiger partial charge is 0.000523 e. The molecule has 124 valence electrons. The van der Waals surface area contributed by atoms with E-state index in [9.17, 15) is 0 Å². The highest BCUT2D eigenvalue weighted by molar-refractivity contribution is 6.06. The van der Waals surface area contributed by atoms with Crippen molar-refractivity contribution in [3.63, 3.8) is 0 Å². The normalized spacial score (nSPS) is 16.7. The van der Waals surface area contributed by atoms with Crippen LogP contribution < -0.4 is 0 Å². The molecule has 0 saturated carbocycles. The summed E-state index contributed by atoms with van der Waals surface area (Å²) in [4.78, 5) is 0. The molecule has 0 bridgehead atoms. The second-order valence-corrected chi connectivity index (χ2v) is 7.09. The summed E-state index contributed by atoms with van der Waals surface area (Å²) in [7, 11) is 0. The zero-order valence-corrected chi connectivity index (χ0v) is 15.2. The van der Waals surface area contributed by atoms with Gasteiger partial charge >= 0.3 is 0 Å². The van der Waals surface area contributed by atoms with E-state index in [1.54, 1.807) is 0 Å². The maximum Gasteiger partial charge on any atom is 0.000523 e. The second-order valence-electron chi connectivity index (χ2n) is 7.09. The van der Waals surface area contributed by atoms with E-state index in [1.165, 1.54) is 59.1 Å². The van der Waals surface area contributed by atoms with Crippen LogP contribution in [0.5, 0.6) is 0 Å². The number of unbranched alkanes of at least 4 members (excludes halogenated alkanes) is 2. The highest BCUT2D eigenvalue weighted by atomic mass is 14.2. The molecule has 3 rings (SSSR count). The van der Waals surface area contributed by atoms with Crippen LogP contribution in [0.3, 0.4) is 0 Å². The van der Waals surface area contributed by atoms with Gasteiger partial charge in [-0.25, -0.2) is 0 Å². The molecule has 0 saturated heterocycles. The lowest BCUT2D eigenvalue weighted by Gasteiger charge is -2.25. The molecule has 0 unspecified atom stereocenters. The van der Waals surface area contributed by atoms with Gasteiger partial charge in [0.25, 0.3) is 0 Å².